The molecule has 8 nitrogen and oxygen atoms in total. The first-order valence-corrected chi connectivity index (χ1v) is 11.9. The number of hydrogen-bond donors (Lipinski definition) is 1. The Morgan fingerprint density at radius 3 is 2.56 bits per heavy atom. The van der Waals surface area contributed by atoms with Gasteiger partial charge in [0.15, 0.2) is 23.0 Å². The molecule has 1 aliphatic heterocycles. The number of aliphatic hydroxyl groups is 1. The highest BCUT2D eigenvalue weighted by molar-refractivity contribution is 6.16. The zero-order valence-corrected chi connectivity index (χ0v) is 20.9. The molecule has 1 unspecified atom stereocenters. The Bertz CT molecular complexity index is 1260. The van der Waals surface area contributed by atoms with Crippen molar-refractivity contribution in [2.24, 2.45) is 5.92 Å². The van der Waals surface area contributed by atoms with Crippen LogP contribution in [0.4, 0.5) is 0 Å². The summed E-state index contributed by atoms with van der Waals surface area (Å²) in [5, 5.41) is 11.6. The summed E-state index contributed by atoms with van der Waals surface area (Å²) in [6.45, 7) is 5.18. The van der Waals surface area contributed by atoms with Crippen molar-refractivity contribution in [2.75, 3.05) is 34.0 Å². The number of ketones is 1. The van der Waals surface area contributed by atoms with E-state index in [0.717, 1.165) is 11.8 Å². The van der Waals surface area contributed by atoms with Crippen molar-refractivity contribution in [1.29, 1.82) is 0 Å². The molecule has 0 spiro atoms. The molecule has 2 heterocycles. The Morgan fingerprint density at radius 2 is 1.86 bits per heavy atom. The Balaban J connectivity index is 1.73. The van der Waals surface area contributed by atoms with Gasteiger partial charge < -0.3 is 28.6 Å². The number of nitrogens with zero attached hydrogens (tertiary/aromatic N) is 1. The van der Waals surface area contributed by atoms with Crippen LogP contribution in [0.2, 0.25) is 0 Å². The molecule has 190 valence electrons. The Labute approximate surface area is 210 Å². The van der Waals surface area contributed by atoms with Crippen LogP contribution < -0.4 is 9.47 Å². The van der Waals surface area contributed by atoms with Crippen molar-refractivity contribution >= 4 is 22.7 Å². The van der Waals surface area contributed by atoms with Gasteiger partial charge in [-0.3, -0.25) is 9.59 Å². The lowest BCUT2D eigenvalue weighted by Gasteiger charge is -2.27. The van der Waals surface area contributed by atoms with Crippen molar-refractivity contribution in [3.63, 3.8) is 0 Å². The molecule has 4 rings (SSSR count). The molecular formula is C28H31NO7. The average molecular weight is 494 g/mol. The normalized spacial score (nSPS) is 15.9. The predicted molar refractivity (Wildman–Crippen MR) is 134 cm³/mol. The molecule has 1 aromatic heterocycles. The summed E-state index contributed by atoms with van der Waals surface area (Å²) in [6.07, 6.45) is 0.888. The lowest BCUT2D eigenvalue weighted by molar-refractivity contribution is -0.130. The van der Waals surface area contributed by atoms with E-state index in [2.05, 4.69) is 13.8 Å². The van der Waals surface area contributed by atoms with Crippen LogP contribution in [0.5, 0.6) is 11.5 Å². The van der Waals surface area contributed by atoms with Gasteiger partial charge in [-0.1, -0.05) is 38.1 Å². The van der Waals surface area contributed by atoms with Gasteiger partial charge in [-0.2, -0.15) is 0 Å². The highest BCUT2D eigenvalue weighted by atomic mass is 16.5. The molecule has 1 N–H and O–H groups in total. The van der Waals surface area contributed by atoms with Gasteiger partial charge in [-0.15, -0.1) is 0 Å². The van der Waals surface area contributed by atoms with E-state index in [-0.39, 0.29) is 24.5 Å². The number of Topliss-reactive ketones (excluding diaryl/α,β-unsaturated/α-hetero) is 1. The van der Waals surface area contributed by atoms with E-state index in [1.807, 2.05) is 18.2 Å². The maximum Gasteiger partial charge on any atom is 0.290 e. The minimum atomic E-state index is -0.855. The molecule has 8 heteroatoms. The maximum absolute atomic E-state index is 13.6. The summed E-state index contributed by atoms with van der Waals surface area (Å²) in [7, 11) is 3.06. The zero-order valence-electron chi connectivity index (χ0n) is 20.9. The number of benzene rings is 2. The fourth-order valence-corrected chi connectivity index (χ4v) is 4.26. The molecule has 1 atom stereocenters. The van der Waals surface area contributed by atoms with E-state index >= 15 is 0 Å². The largest absolute Gasteiger partial charge is 0.503 e. The first-order valence-electron chi connectivity index (χ1n) is 11.9. The zero-order chi connectivity index (χ0) is 25.8. The highest BCUT2D eigenvalue weighted by Gasteiger charge is 2.44. The van der Waals surface area contributed by atoms with E-state index in [9.17, 15) is 14.7 Å². The summed E-state index contributed by atoms with van der Waals surface area (Å²) in [6, 6.07) is 13.3. The van der Waals surface area contributed by atoms with Crippen LogP contribution >= 0.6 is 0 Å². The number of ether oxygens (including phenoxy) is 3. The molecule has 0 aliphatic carbocycles. The summed E-state index contributed by atoms with van der Waals surface area (Å²) >= 11 is 0. The van der Waals surface area contributed by atoms with Crippen molar-refractivity contribution < 1.29 is 33.3 Å². The van der Waals surface area contributed by atoms with Crippen LogP contribution in [0.25, 0.3) is 11.0 Å². The van der Waals surface area contributed by atoms with Crippen LogP contribution in [-0.2, 0) is 9.53 Å². The van der Waals surface area contributed by atoms with E-state index in [4.69, 9.17) is 18.6 Å². The number of methoxy groups -OCH3 is 2. The SMILES string of the molecule is COCCN1C(=O)C(O)=C(C(=O)c2cc3ccccc3o2)C1c1ccc(OCCC(C)C)c(OC)c1. The number of carbonyl (C=O) groups excluding carboxylic acids is 2. The number of hydrogen-bond acceptors (Lipinski definition) is 7. The maximum atomic E-state index is 13.6. The predicted octanol–water partition coefficient (Wildman–Crippen LogP) is 5.09. The van der Waals surface area contributed by atoms with Gasteiger partial charge in [0.25, 0.3) is 5.91 Å². The monoisotopic (exact) mass is 493 g/mol. The van der Waals surface area contributed by atoms with Crippen molar-refractivity contribution in [2.45, 2.75) is 26.3 Å². The van der Waals surface area contributed by atoms with E-state index in [1.54, 1.807) is 30.3 Å². The number of para-hydroxylation sites is 1. The topological polar surface area (TPSA) is 98.4 Å². The van der Waals surface area contributed by atoms with Crippen LogP contribution in [-0.4, -0.2) is 55.7 Å². The molecule has 36 heavy (non-hydrogen) atoms. The van der Waals surface area contributed by atoms with Gasteiger partial charge in [-0.25, -0.2) is 0 Å². The van der Waals surface area contributed by atoms with Crippen LogP contribution in [0, 0.1) is 5.92 Å². The molecule has 0 saturated carbocycles. The lowest BCUT2D eigenvalue weighted by atomic mass is 9.94. The van der Waals surface area contributed by atoms with Crippen LogP contribution in [0.15, 0.2) is 64.3 Å². The molecular weight excluding hydrogens is 462 g/mol. The van der Waals surface area contributed by atoms with Gasteiger partial charge in [-0.05, 0) is 42.2 Å². The molecule has 1 amide bonds. The second kappa shape index (κ2) is 10.9. The fourth-order valence-electron chi connectivity index (χ4n) is 4.26. The van der Waals surface area contributed by atoms with Crippen molar-refractivity contribution in [3.05, 3.63) is 71.2 Å². The molecule has 0 fully saturated rings. The Kier molecular flexibility index (Phi) is 7.64. The lowest BCUT2D eigenvalue weighted by Crippen LogP contribution is -2.34. The number of fused-ring (bicyclic) bond motifs is 1. The molecule has 0 radical (unpaired) electrons. The van der Waals surface area contributed by atoms with Crippen LogP contribution in [0.3, 0.4) is 0 Å². The van der Waals surface area contributed by atoms with Gasteiger partial charge in [0.2, 0.25) is 5.78 Å². The fraction of sp³-hybridized carbons (Fsp3) is 0.357. The minimum Gasteiger partial charge on any atom is -0.503 e. The first-order chi connectivity index (χ1) is 17.3. The Morgan fingerprint density at radius 1 is 1.08 bits per heavy atom. The smallest absolute Gasteiger partial charge is 0.290 e. The second-order valence-electron chi connectivity index (χ2n) is 9.08. The van der Waals surface area contributed by atoms with Crippen molar-refractivity contribution in [3.8, 4) is 11.5 Å². The quantitative estimate of drug-likeness (QED) is 0.372. The summed E-state index contributed by atoms with van der Waals surface area (Å²) in [5.41, 5.74) is 1.09. The number of amides is 1. The third kappa shape index (κ3) is 4.95. The van der Waals surface area contributed by atoms with E-state index in [1.165, 1.54) is 19.1 Å². The van der Waals surface area contributed by atoms with Gasteiger partial charge in [0.1, 0.15) is 5.58 Å². The second-order valence-corrected chi connectivity index (χ2v) is 9.08. The molecule has 1 aliphatic rings. The Hall–Kier alpha value is -3.78. The number of aliphatic hydroxyl groups excluding tert-OH is 1. The summed E-state index contributed by atoms with van der Waals surface area (Å²) in [4.78, 5) is 28.1. The van der Waals surface area contributed by atoms with Gasteiger partial charge in [0.05, 0.1) is 31.9 Å². The molecule has 3 aromatic rings. The third-order valence-corrected chi connectivity index (χ3v) is 6.19. The molecule has 2 aromatic carbocycles. The first kappa shape index (κ1) is 25.3. The summed E-state index contributed by atoms with van der Waals surface area (Å²) < 4.78 is 22.4. The number of rotatable bonds is 11. The minimum absolute atomic E-state index is 0.0461. The number of furan rings is 1. The third-order valence-electron chi connectivity index (χ3n) is 6.19. The van der Waals surface area contributed by atoms with E-state index < -0.39 is 23.5 Å². The van der Waals surface area contributed by atoms with Crippen LogP contribution in [0.1, 0.15) is 42.4 Å². The summed E-state index contributed by atoms with van der Waals surface area (Å²) in [5.74, 6) is -0.229. The van der Waals surface area contributed by atoms with Gasteiger partial charge >= 0.3 is 0 Å². The average Bonchev–Trinajstić information content (AvgIpc) is 3.41. The van der Waals surface area contributed by atoms with E-state index in [0.29, 0.717) is 35.2 Å². The number of carbonyl (C=O) groups is 2. The van der Waals surface area contributed by atoms with Crippen molar-refractivity contribution in [1.82, 2.24) is 4.90 Å². The highest BCUT2D eigenvalue weighted by Crippen LogP contribution is 2.42. The molecule has 0 saturated heterocycles. The van der Waals surface area contributed by atoms with Gasteiger partial charge in [0, 0.05) is 19.0 Å². The molecule has 0 bridgehead atoms. The standard InChI is InChI=1S/C28H31NO7/c1-17(2)11-13-35-21-10-9-19(16-22(21)34-4)25-24(27(31)28(32)29(25)12-14-33-3)26(30)23-15-18-7-5-6-8-20(18)36-23/h5-10,15-17,25,31H,11-14H2,1-4H3.